The van der Waals surface area contributed by atoms with Gasteiger partial charge < -0.3 is 16.2 Å². The topological polar surface area (TPSA) is 86.0 Å². The molecule has 0 aliphatic heterocycles. The van der Waals surface area contributed by atoms with E-state index in [2.05, 4.69) is 10.2 Å². The van der Waals surface area contributed by atoms with Gasteiger partial charge >= 0.3 is 0 Å². The fourth-order valence-electron chi connectivity index (χ4n) is 1.68. The van der Waals surface area contributed by atoms with Crippen LogP contribution in [-0.4, -0.2) is 12.2 Å². The summed E-state index contributed by atoms with van der Waals surface area (Å²) in [7, 11) is 0. The average molecular weight is 304 g/mol. The van der Waals surface area contributed by atoms with Gasteiger partial charge in [0.1, 0.15) is 12.4 Å². The van der Waals surface area contributed by atoms with Crippen molar-refractivity contribution in [2.75, 3.05) is 0 Å². The van der Waals surface area contributed by atoms with Gasteiger partial charge in [0, 0.05) is 6.07 Å². The fraction of sp³-hybridized carbons (Fsp3) is 0.0667. The second kappa shape index (κ2) is 7.16. The van der Waals surface area contributed by atoms with E-state index in [1.165, 1.54) is 12.3 Å². The second-order valence-corrected chi connectivity index (χ2v) is 4.38. The molecular formula is C15H14F2N4O. The van der Waals surface area contributed by atoms with Gasteiger partial charge in [-0.25, -0.2) is 8.78 Å². The number of guanidine groups is 1. The smallest absolute Gasteiger partial charge is 0.211 e. The summed E-state index contributed by atoms with van der Waals surface area (Å²) in [6, 6.07) is 10.3. The van der Waals surface area contributed by atoms with Crippen LogP contribution in [0.2, 0.25) is 0 Å². The Morgan fingerprint density at radius 2 is 1.95 bits per heavy atom. The molecule has 2 aromatic rings. The number of nitrogens with two attached hydrogens (primary N) is 2. The van der Waals surface area contributed by atoms with Crippen molar-refractivity contribution in [1.82, 2.24) is 0 Å². The molecule has 2 aromatic carbocycles. The first-order chi connectivity index (χ1) is 10.5. The highest BCUT2D eigenvalue weighted by atomic mass is 19.1. The molecule has 0 aliphatic carbocycles. The summed E-state index contributed by atoms with van der Waals surface area (Å²) in [5.41, 5.74) is 11.9. The van der Waals surface area contributed by atoms with Crippen molar-refractivity contribution in [3.63, 3.8) is 0 Å². The van der Waals surface area contributed by atoms with E-state index in [-0.39, 0.29) is 18.3 Å². The van der Waals surface area contributed by atoms with Crippen LogP contribution in [0, 0.1) is 11.6 Å². The summed E-state index contributed by atoms with van der Waals surface area (Å²) >= 11 is 0. The maximum atomic E-state index is 13.5. The molecule has 114 valence electrons. The van der Waals surface area contributed by atoms with Crippen LogP contribution in [0.5, 0.6) is 5.75 Å². The summed E-state index contributed by atoms with van der Waals surface area (Å²) in [5, 5.41) is 7.18. The van der Waals surface area contributed by atoms with Crippen molar-refractivity contribution in [3.05, 3.63) is 65.2 Å². The van der Waals surface area contributed by atoms with Gasteiger partial charge in [-0.1, -0.05) is 18.2 Å². The van der Waals surface area contributed by atoms with Gasteiger partial charge in [0.05, 0.1) is 6.21 Å². The van der Waals surface area contributed by atoms with Crippen LogP contribution in [0.3, 0.4) is 0 Å². The molecule has 0 heterocycles. The van der Waals surface area contributed by atoms with Gasteiger partial charge in [-0.15, -0.1) is 5.10 Å². The van der Waals surface area contributed by atoms with Crippen LogP contribution in [-0.2, 0) is 6.61 Å². The van der Waals surface area contributed by atoms with Crippen LogP contribution >= 0.6 is 0 Å². The zero-order valence-corrected chi connectivity index (χ0v) is 11.5. The summed E-state index contributed by atoms with van der Waals surface area (Å²) in [6.45, 7) is 0.131. The van der Waals surface area contributed by atoms with Gasteiger partial charge in [0.25, 0.3) is 0 Å². The van der Waals surface area contributed by atoms with Crippen molar-refractivity contribution in [2.24, 2.45) is 21.7 Å². The maximum Gasteiger partial charge on any atom is 0.211 e. The molecule has 2 rings (SSSR count). The first-order valence-electron chi connectivity index (χ1n) is 6.33. The van der Waals surface area contributed by atoms with Gasteiger partial charge in [-0.3, -0.25) is 0 Å². The number of nitrogens with zero attached hydrogens (tertiary/aromatic N) is 2. The Kier molecular flexibility index (Phi) is 5.02. The predicted octanol–water partition coefficient (Wildman–Crippen LogP) is 2.15. The molecule has 0 saturated carbocycles. The van der Waals surface area contributed by atoms with Crippen molar-refractivity contribution >= 4 is 12.2 Å². The van der Waals surface area contributed by atoms with Gasteiger partial charge in [-0.05, 0) is 29.3 Å². The lowest BCUT2D eigenvalue weighted by Crippen LogP contribution is -2.21. The molecule has 0 aromatic heterocycles. The Morgan fingerprint density at radius 1 is 1.14 bits per heavy atom. The Hall–Kier alpha value is -2.96. The first-order valence-corrected chi connectivity index (χ1v) is 6.33. The van der Waals surface area contributed by atoms with Crippen molar-refractivity contribution in [1.29, 1.82) is 0 Å². The largest absolute Gasteiger partial charge is 0.486 e. The van der Waals surface area contributed by atoms with Crippen molar-refractivity contribution in [3.8, 4) is 5.75 Å². The third-order valence-electron chi connectivity index (χ3n) is 2.62. The van der Waals surface area contributed by atoms with Crippen molar-refractivity contribution < 1.29 is 13.5 Å². The molecule has 0 spiro atoms. The standard InChI is InChI=1S/C15H14F2N4O/c16-12-4-5-14(13(17)7-12)22-9-11-3-1-2-10(6-11)8-20-21-15(18)19/h1-8H,9H2,(H4,18,19,21). The average Bonchev–Trinajstić information content (AvgIpc) is 2.46. The monoisotopic (exact) mass is 304 g/mol. The zero-order valence-electron chi connectivity index (χ0n) is 11.5. The summed E-state index contributed by atoms with van der Waals surface area (Å²) in [5.74, 6) is -1.54. The van der Waals surface area contributed by atoms with E-state index < -0.39 is 11.6 Å². The van der Waals surface area contributed by atoms with E-state index in [0.717, 1.165) is 23.3 Å². The van der Waals surface area contributed by atoms with Gasteiger partial charge in [0.15, 0.2) is 11.6 Å². The van der Waals surface area contributed by atoms with E-state index in [1.807, 2.05) is 0 Å². The normalized spacial score (nSPS) is 10.6. The Balaban J connectivity index is 2.04. The minimum atomic E-state index is -0.745. The van der Waals surface area contributed by atoms with Crippen molar-refractivity contribution in [2.45, 2.75) is 6.61 Å². The lowest BCUT2D eigenvalue weighted by Gasteiger charge is -2.07. The molecule has 0 amide bonds. The van der Waals surface area contributed by atoms with E-state index in [1.54, 1.807) is 24.3 Å². The minimum absolute atomic E-state index is 0.0130. The molecule has 5 nitrogen and oxygen atoms in total. The minimum Gasteiger partial charge on any atom is -0.486 e. The lowest BCUT2D eigenvalue weighted by atomic mass is 10.1. The van der Waals surface area contributed by atoms with Crippen LogP contribution in [0.1, 0.15) is 11.1 Å². The second-order valence-electron chi connectivity index (χ2n) is 4.38. The predicted molar refractivity (Wildman–Crippen MR) is 80.5 cm³/mol. The van der Waals surface area contributed by atoms with E-state index >= 15 is 0 Å². The molecular weight excluding hydrogens is 290 g/mol. The van der Waals surface area contributed by atoms with E-state index in [9.17, 15) is 8.78 Å². The lowest BCUT2D eigenvalue weighted by molar-refractivity contribution is 0.289. The Morgan fingerprint density at radius 3 is 2.68 bits per heavy atom. The quantitative estimate of drug-likeness (QED) is 0.504. The van der Waals surface area contributed by atoms with Gasteiger partial charge in [0.2, 0.25) is 5.96 Å². The molecule has 0 fully saturated rings. The highest BCUT2D eigenvalue weighted by Gasteiger charge is 2.05. The summed E-state index contributed by atoms with van der Waals surface area (Å²) < 4.78 is 31.6. The zero-order chi connectivity index (χ0) is 15.9. The Bertz CT molecular complexity index is 712. The highest BCUT2D eigenvalue weighted by Crippen LogP contribution is 2.19. The molecule has 0 atom stereocenters. The fourth-order valence-corrected chi connectivity index (χ4v) is 1.68. The summed E-state index contributed by atoms with van der Waals surface area (Å²) in [6.07, 6.45) is 1.47. The number of hydrogen-bond donors (Lipinski definition) is 2. The molecule has 0 bridgehead atoms. The van der Waals surface area contributed by atoms with Crippen LogP contribution in [0.15, 0.2) is 52.7 Å². The van der Waals surface area contributed by atoms with Crippen LogP contribution < -0.4 is 16.2 Å². The Labute approximate surface area is 125 Å². The molecule has 0 radical (unpaired) electrons. The third-order valence-corrected chi connectivity index (χ3v) is 2.62. The number of rotatable bonds is 5. The maximum absolute atomic E-state index is 13.5. The van der Waals surface area contributed by atoms with Gasteiger partial charge in [-0.2, -0.15) is 5.10 Å². The highest BCUT2D eigenvalue weighted by molar-refractivity contribution is 5.81. The molecule has 22 heavy (non-hydrogen) atoms. The van der Waals surface area contributed by atoms with Crippen LogP contribution in [0.25, 0.3) is 0 Å². The number of halogens is 2. The number of hydrogen-bond acceptors (Lipinski definition) is 3. The number of ether oxygens (including phenoxy) is 1. The molecule has 0 unspecified atom stereocenters. The molecule has 7 heteroatoms. The van der Waals surface area contributed by atoms with Crippen LogP contribution in [0.4, 0.5) is 8.78 Å². The SMILES string of the molecule is NC(N)=NN=Cc1cccc(COc2ccc(F)cc2F)c1. The van der Waals surface area contributed by atoms with E-state index in [4.69, 9.17) is 16.2 Å². The molecule has 0 saturated heterocycles. The first kappa shape index (κ1) is 15.4. The third kappa shape index (κ3) is 4.55. The van der Waals surface area contributed by atoms with E-state index in [0.29, 0.717) is 0 Å². The number of benzene rings is 2. The molecule has 4 N–H and O–H groups in total. The molecule has 0 aliphatic rings. The summed E-state index contributed by atoms with van der Waals surface area (Å²) in [4.78, 5) is 0.